The number of halogens is 1. The van der Waals surface area contributed by atoms with Crippen molar-refractivity contribution in [3.8, 4) is 0 Å². The summed E-state index contributed by atoms with van der Waals surface area (Å²) in [6, 6.07) is 5.90. The molecule has 198 valence electrons. The van der Waals surface area contributed by atoms with Crippen molar-refractivity contribution in [1.82, 2.24) is 5.32 Å². The van der Waals surface area contributed by atoms with Gasteiger partial charge in [-0.3, -0.25) is 10.1 Å². The summed E-state index contributed by atoms with van der Waals surface area (Å²) in [6.07, 6.45) is 3.39. The van der Waals surface area contributed by atoms with Crippen molar-refractivity contribution in [2.24, 2.45) is 0 Å². The highest BCUT2D eigenvalue weighted by Crippen LogP contribution is 2.40. The molecule has 0 radical (unpaired) electrons. The number of carbonyl (C=O) groups is 2. The molecule has 1 aliphatic heterocycles. The fraction of sp³-hybridized carbons (Fsp3) is 0.538. The number of ether oxygens (including phenoxy) is 3. The Kier molecular flexibility index (Phi) is 11.9. The monoisotopic (exact) mass is 522 g/mol. The Hall–Kier alpha value is -2.91. The lowest BCUT2D eigenvalue weighted by Crippen LogP contribution is -2.33. The molecule has 1 atom stereocenters. The lowest BCUT2D eigenvalue weighted by molar-refractivity contribution is -0.384. The van der Waals surface area contributed by atoms with Crippen LogP contribution in [-0.4, -0.2) is 48.7 Å². The van der Waals surface area contributed by atoms with E-state index in [0.29, 0.717) is 29.3 Å². The third-order valence-electron chi connectivity index (χ3n) is 5.64. The van der Waals surface area contributed by atoms with Gasteiger partial charge in [-0.2, -0.15) is 0 Å². The topological polar surface area (TPSA) is 117 Å². The molecule has 10 heteroatoms. The van der Waals surface area contributed by atoms with Crippen LogP contribution in [0.15, 0.2) is 46.8 Å². The molecule has 0 fully saturated rings. The summed E-state index contributed by atoms with van der Waals surface area (Å²) in [5, 5.41) is 14.5. The number of benzene rings is 1. The van der Waals surface area contributed by atoms with Gasteiger partial charge in [0.25, 0.3) is 5.69 Å². The molecule has 0 saturated heterocycles. The standard InChI is InChI=1S/C26H35ClN2O7/c1-17(2)34-14-15-36-26(31)23-19(4)28-18(3)22(25(30)35-13-8-6-5-7-12-27)24(23)20-10-9-11-21(16-20)29(32)33/h9-11,16-17,24,28H,5-8,12-15H2,1-4H3. The molecule has 0 saturated carbocycles. The molecule has 0 amide bonds. The maximum atomic E-state index is 13.2. The predicted molar refractivity (Wildman–Crippen MR) is 137 cm³/mol. The minimum atomic E-state index is -0.895. The van der Waals surface area contributed by atoms with E-state index in [-0.39, 0.29) is 42.8 Å². The predicted octanol–water partition coefficient (Wildman–Crippen LogP) is 5.14. The quantitative estimate of drug-likeness (QED) is 0.117. The Morgan fingerprint density at radius 1 is 1.00 bits per heavy atom. The van der Waals surface area contributed by atoms with E-state index in [0.717, 1.165) is 19.3 Å². The number of nitro groups is 1. The molecule has 36 heavy (non-hydrogen) atoms. The summed E-state index contributed by atoms with van der Waals surface area (Å²) < 4.78 is 16.4. The number of allylic oxidation sites excluding steroid dienone is 2. The number of nitrogens with one attached hydrogen (secondary N) is 1. The van der Waals surface area contributed by atoms with E-state index in [1.807, 2.05) is 13.8 Å². The lowest BCUT2D eigenvalue weighted by Gasteiger charge is -2.30. The van der Waals surface area contributed by atoms with E-state index in [1.54, 1.807) is 19.9 Å². The van der Waals surface area contributed by atoms with Crippen molar-refractivity contribution in [3.05, 3.63) is 62.5 Å². The minimum absolute atomic E-state index is 0.0134. The summed E-state index contributed by atoms with van der Waals surface area (Å²) in [5.74, 6) is -1.53. The van der Waals surface area contributed by atoms with Crippen LogP contribution in [0.4, 0.5) is 5.69 Å². The number of hydrogen-bond acceptors (Lipinski definition) is 8. The zero-order chi connectivity index (χ0) is 26.7. The van der Waals surface area contributed by atoms with Crippen LogP contribution in [0.3, 0.4) is 0 Å². The van der Waals surface area contributed by atoms with E-state index >= 15 is 0 Å². The van der Waals surface area contributed by atoms with Gasteiger partial charge in [0, 0.05) is 29.4 Å². The van der Waals surface area contributed by atoms with Gasteiger partial charge in [0.05, 0.1) is 41.3 Å². The Morgan fingerprint density at radius 3 is 2.19 bits per heavy atom. The molecule has 1 N–H and O–H groups in total. The zero-order valence-electron chi connectivity index (χ0n) is 21.3. The molecule has 1 heterocycles. The van der Waals surface area contributed by atoms with Crippen LogP contribution in [0.5, 0.6) is 0 Å². The maximum absolute atomic E-state index is 13.2. The van der Waals surface area contributed by atoms with Gasteiger partial charge in [-0.25, -0.2) is 9.59 Å². The number of hydrogen-bond donors (Lipinski definition) is 1. The Labute approximate surface area is 217 Å². The van der Waals surface area contributed by atoms with Gasteiger partial charge in [-0.05, 0) is 46.1 Å². The number of nitrogens with zero attached hydrogens (tertiary/aromatic N) is 1. The van der Waals surface area contributed by atoms with Gasteiger partial charge in [0.1, 0.15) is 6.61 Å². The van der Waals surface area contributed by atoms with Crippen molar-refractivity contribution in [2.45, 2.75) is 65.4 Å². The summed E-state index contributed by atoms with van der Waals surface area (Å²) >= 11 is 5.70. The van der Waals surface area contributed by atoms with Crippen LogP contribution in [0.25, 0.3) is 0 Å². The average Bonchev–Trinajstić information content (AvgIpc) is 2.83. The molecule has 1 aromatic carbocycles. The van der Waals surface area contributed by atoms with E-state index in [1.165, 1.54) is 18.2 Å². The molecule has 2 rings (SSSR count). The first kappa shape index (κ1) is 29.3. The molecule has 0 spiro atoms. The highest BCUT2D eigenvalue weighted by atomic mass is 35.5. The van der Waals surface area contributed by atoms with Crippen LogP contribution >= 0.6 is 11.6 Å². The number of carbonyl (C=O) groups excluding carboxylic acids is 2. The van der Waals surface area contributed by atoms with Crippen LogP contribution in [0.2, 0.25) is 0 Å². The number of dihydropyridines is 1. The number of unbranched alkanes of at least 4 members (excludes halogenated alkanes) is 3. The second-order valence-electron chi connectivity index (χ2n) is 8.78. The van der Waals surface area contributed by atoms with E-state index in [9.17, 15) is 19.7 Å². The summed E-state index contributed by atoms with van der Waals surface area (Å²) in [5.41, 5.74) is 1.69. The fourth-order valence-electron chi connectivity index (χ4n) is 3.98. The largest absolute Gasteiger partial charge is 0.462 e. The summed E-state index contributed by atoms with van der Waals surface area (Å²) in [7, 11) is 0. The van der Waals surface area contributed by atoms with Crippen molar-refractivity contribution >= 4 is 29.2 Å². The number of rotatable bonds is 14. The van der Waals surface area contributed by atoms with Gasteiger partial charge in [0.2, 0.25) is 0 Å². The first-order valence-electron chi connectivity index (χ1n) is 12.1. The van der Waals surface area contributed by atoms with Crippen LogP contribution in [0, 0.1) is 10.1 Å². The van der Waals surface area contributed by atoms with Crippen molar-refractivity contribution in [3.63, 3.8) is 0 Å². The molecule has 0 bridgehead atoms. The summed E-state index contributed by atoms with van der Waals surface area (Å²) in [6.45, 7) is 7.63. The highest BCUT2D eigenvalue weighted by Gasteiger charge is 2.38. The molecule has 0 aliphatic carbocycles. The van der Waals surface area contributed by atoms with Crippen molar-refractivity contribution < 1.29 is 28.7 Å². The average molecular weight is 523 g/mol. The SMILES string of the molecule is CC1=C(C(=O)OCCCCCCCl)C(c2cccc([N+](=O)[O-])c2)C(C(=O)OCCOC(C)C)=C(C)N1. The molecule has 1 aliphatic rings. The van der Waals surface area contributed by atoms with Crippen LogP contribution < -0.4 is 5.32 Å². The lowest BCUT2D eigenvalue weighted by atomic mass is 9.80. The Morgan fingerprint density at radius 2 is 1.61 bits per heavy atom. The van der Waals surface area contributed by atoms with Crippen LogP contribution in [0.1, 0.15) is 64.9 Å². The van der Waals surface area contributed by atoms with Gasteiger partial charge in [-0.15, -0.1) is 11.6 Å². The van der Waals surface area contributed by atoms with Gasteiger partial charge in [0.15, 0.2) is 0 Å². The Bertz CT molecular complexity index is 1000. The highest BCUT2D eigenvalue weighted by molar-refractivity contribution is 6.17. The summed E-state index contributed by atoms with van der Waals surface area (Å²) in [4.78, 5) is 37.4. The third kappa shape index (κ3) is 8.34. The number of alkyl halides is 1. The molecule has 9 nitrogen and oxygen atoms in total. The second-order valence-corrected chi connectivity index (χ2v) is 9.16. The third-order valence-corrected chi connectivity index (χ3v) is 5.91. The van der Waals surface area contributed by atoms with Crippen molar-refractivity contribution in [1.29, 1.82) is 0 Å². The van der Waals surface area contributed by atoms with Gasteiger partial charge < -0.3 is 19.5 Å². The van der Waals surface area contributed by atoms with Crippen LogP contribution in [-0.2, 0) is 23.8 Å². The molecular weight excluding hydrogens is 488 g/mol. The maximum Gasteiger partial charge on any atom is 0.336 e. The van der Waals surface area contributed by atoms with Gasteiger partial charge >= 0.3 is 11.9 Å². The molecule has 1 aromatic rings. The van der Waals surface area contributed by atoms with Gasteiger partial charge in [-0.1, -0.05) is 25.0 Å². The normalized spacial score (nSPS) is 15.7. The number of esters is 2. The number of non-ortho nitro benzene ring substituents is 1. The van der Waals surface area contributed by atoms with Crippen molar-refractivity contribution in [2.75, 3.05) is 25.7 Å². The van der Waals surface area contributed by atoms with E-state index in [2.05, 4.69) is 5.32 Å². The fourth-order valence-corrected chi connectivity index (χ4v) is 4.16. The number of nitro benzene ring substituents is 1. The first-order valence-corrected chi connectivity index (χ1v) is 12.7. The molecule has 1 unspecified atom stereocenters. The minimum Gasteiger partial charge on any atom is -0.462 e. The van der Waals surface area contributed by atoms with E-state index in [4.69, 9.17) is 25.8 Å². The second kappa shape index (κ2) is 14.6. The zero-order valence-corrected chi connectivity index (χ0v) is 22.1. The van der Waals surface area contributed by atoms with E-state index < -0.39 is 22.8 Å². The smallest absolute Gasteiger partial charge is 0.336 e. The first-order chi connectivity index (χ1) is 17.2. The Balaban J connectivity index is 2.35. The molecule has 0 aromatic heterocycles. The molecular formula is C26H35ClN2O7.